The normalized spacial score (nSPS) is 15.7. The Kier molecular flexibility index (Phi) is 9.70. The molecule has 1 atom stereocenters. The summed E-state index contributed by atoms with van der Waals surface area (Å²) in [6, 6.07) is 6.87. The molecule has 12 heteroatoms. The number of pyridine rings is 1. The van der Waals surface area contributed by atoms with Crippen molar-refractivity contribution in [3.05, 3.63) is 88.5 Å². The third kappa shape index (κ3) is 7.26. The Morgan fingerprint density at radius 1 is 0.935 bits per heavy atom. The van der Waals surface area contributed by atoms with E-state index < -0.39 is 46.2 Å². The average Bonchev–Trinajstić information content (AvgIpc) is 2.99. The van der Waals surface area contributed by atoms with E-state index in [2.05, 4.69) is 4.98 Å². The predicted octanol–water partition coefficient (Wildman–Crippen LogP) is 8.92. The number of carbonyl (C=O) groups is 2. The summed E-state index contributed by atoms with van der Waals surface area (Å²) >= 11 is 0. The van der Waals surface area contributed by atoms with Crippen molar-refractivity contribution in [3.63, 3.8) is 0 Å². The van der Waals surface area contributed by atoms with Gasteiger partial charge in [0.2, 0.25) is 5.91 Å². The first-order valence-corrected chi connectivity index (χ1v) is 14.5. The van der Waals surface area contributed by atoms with Gasteiger partial charge in [-0.25, -0.2) is 4.39 Å². The van der Waals surface area contributed by atoms with Crippen molar-refractivity contribution in [3.8, 4) is 11.1 Å². The highest BCUT2D eigenvalue weighted by atomic mass is 19.4. The largest absolute Gasteiger partial charge is 0.466 e. The molecule has 1 aliphatic carbocycles. The minimum absolute atomic E-state index is 0.0146. The molecule has 1 unspecified atom stereocenters. The fraction of sp³-hybridized carbons (Fsp3) is 0.382. The standard InChI is InChI=1S/C34H33F7N2O3/c1-6-46-30(44)21-9-7-20(8-10-21)28-17-27(26-12-11-25(35)13-19(26)2)29(18-42-28)43(5)31(45)32(3,4)22-14-23(33(36,37)38)16-24(15-22)34(39,40)41/h7,11-18,21H,6,8-10H2,1-5H3. The zero-order chi connectivity index (χ0) is 34.2. The van der Waals surface area contributed by atoms with Gasteiger partial charge in [0.1, 0.15) is 5.82 Å². The number of benzene rings is 2. The molecule has 0 saturated heterocycles. The summed E-state index contributed by atoms with van der Waals surface area (Å²) in [7, 11) is 1.35. The van der Waals surface area contributed by atoms with Crippen LogP contribution in [-0.4, -0.2) is 30.5 Å². The number of esters is 1. The number of ether oxygens (including phenoxy) is 1. The van der Waals surface area contributed by atoms with Crippen molar-refractivity contribution < 1.29 is 45.1 Å². The molecule has 0 saturated carbocycles. The molecular formula is C34H33F7N2O3. The van der Waals surface area contributed by atoms with Gasteiger partial charge in [0, 0.05) is 12.6 Å². The first-order valence-electron chi connectivity index (χ1n) is 14.5. The summed E-state index contributed by atoms with van der Waals surface area (Å²) in [4.78, 5) is 31.8. The van der Waals surface area contributed by atoms with Crippen LogP contribution in [-0.2, 0) is 32.1 Å². The van der Waals surface area contributed by atoms with Crippen LogP contribution in [0.1, 0.15) is 68.0 Å². The number of likely N-dealkylation sites (N-methyl/N-ethyl adjacent to an activating group) is 1. The Bertz CT molecular complexity index is 1640. The zero-order valence-corrected chi connectivity index (χ0v) is 25.9. The van der Waals surface area contributed by atoms with Crippen LogP contribution in [0.2, 0.25) is 0 Å². The molecule has 0 fully saturated rings. The molecule has 1 heterocycles. The quantitative estimate of drug-likeness (QED) is 0.189. The highest BCUT2D eigenvalue weighted by Crippen LogP contribution is 2.42. The molecule has 5 nitrogen and oxygen atoms in total. The molecule has 0 bridgehead atoms. The summed E-state index contributed by atoms with van der Waals surface area (Å²) in [5.74, 6) is -1.87. The number of nitrogens with zero attached hydrogens (tertiary/aromatic N) is 2. The Labute approximate surface area is 262 Å². The molecule has 46 heavy (non-hydrogen) atoms. The maximum Gasteiger partial charge on any atom is 0.416 e. The van der Waals surface area contributed by atoms with Gasteiger partial charge < -0.3 is 9.64 Å². The van der Waals surface area contributed by atoms with Gasteiger partial charge in [-0.3, -0.25) is 14.6 Å². The van der Waals surface area contributed by atoms with Crippen molar-refractivity contribution >= 4 is 23.1 Å². The molecule has 0 aliphatic heterocycles. The van der Waals surface area contributed by atoms with Crippen LogP contribution in [0.25, 0.3) is 16.7 Å². The second kappa shape index (κ2) is 12.9. The zero-order valence-electron chi connectivity index (χ0n) is 25.9. The van der Waals surface area contributed by atoms with Crippen molar-refractivity contribution in [2.45, 2.75) is 64.7 Å². The lowest BCUT2D eigenvalue weighted by molar-refractivity contribution is -0.148. The van der Waals surface area contributed by atoms with Crippen molar-refractivity contribution in [1.82, 2.24) is 4.98 Å². The number of alkyl halides is 6. The number of aryl methyl sites for hydroxylation is 1. The van der Waals surface area contributed by atoms with Gasteiger partial charge in [-0.2, -0.15) is 26.3 Å². The van der Waals surface area contributed by atoms with Crippen LogP contribution in [0.5, 0.6) is 0 Å². The number of amides is 1. The summed E-state index contributed by atoms with van der Waals surface area (Å²) in [6.45, 7) is 6.17. The smallest absolute Gasteiger partial charge is 0.416 e. The average molecular weight is 651 g/mol. The molecule has 1 amide bonds. The van der Waals surface area contributed by atoms with Gasteiger partial charge in [0.15, 0.2) is 0 Å². The monoisotopic (exact) mass is 650 g/mol. The van der Waals surface area contributed by atoms with Crippen molar-refractivity contribution in [2.75, 3.05) is 18.6 Å². The van der Waals surface area contributed by atoms with E-state index in [4.69, 9.17) is 4.74 Å². The predicted molar refractivity (Wildman–Crippen MR) is 159 cm³/mol. The summed E-state index contributed by atoms with van der Waals surface area (Å²) in [5, 5.41) is 0. The van der Waals surface area contributed by atoms with Crippen LogP contribution in [0.3, 0.4) is 0 Å². The maximum atomic E-state index is 14.1. The molecule has 0 N–H and O–H groups in total. The van der Waals surface area contributed by atoms with Crippen molar-refractivity contribution in [2.24, 2.45) is 5.92 Å². The van der Waals surface area contributed by atoms with Crippen LogP contribution < -0.4 is 4.90 Å². The highest BCUT2D eigenvalue weighted by molar-refractivity contribution is 6.03. The lowest BCUT2D eigenvalue weighted by atomic mass is 9.81. The molecule has 1 aromatic heterocycles. The number of carbonyl (C=O) groups excluding carboxylic acids is 2. The van der Waals surface area contributed by atoms with Crippen LogP contribution in [0.15, 0.2) is 54.7 Å². The number of hydrogen-bond donors (Lipinski definition) is 0. The molecule has 3 aromatic rings. The van der Waals surface area contributed by atoms with Gasteiger partial charge >= 0.3 is 18.3 Å². The number of allylic oxidation sites excluding steroid dienone is 2. The van der Waals surface area contributed by atoms with Crippen LogP contribution in [0.4, 0.5) is 36.4 Å². The summed E-state index contributed by atoms with van der Waals surface area (Å²) in [5.41, 5.74) is -2.28. The molecular weight excluding hydrogens is 617 g/mol. The summed E-state index contributed by atoms with van der Waals surface area (Å²) < 4.78 is 101. The van der Waals surface area contributed by atoms with Crippen LogP contribution in [0, 0.1) is 18.7 Å². The fourth-order valence-electron chi connectivity index (χ4n) is 5.54. The Morgan fingerprint density at radius 3 is 2.07 bits per heavy atom. The highest BCUT2D eigenvalue weighted by Gasteiger charge is 2.41. The second-order valence-corrected chi connectivity index (χ2v) is 11.8. The number of halogens is 7. The minimum Gasteiger partial charge on any atom is -0.466 e. The second-order valence-electron chi connectivity index (χ2n) is 11.8. The lowest BCUT2D eigenvalue weighted by Gasteiger charge is -2.32. The van der Waals surface area contributed by atoms with Gasteiger partial charge in [0.25, 0.3) is 0 Å². The topological polar surface area (TPSA) is 59.5 Å². The van der Waals surface area contributed by atoms with E-state index in [1.54, 1.807) is 19.9 Å². The first kappa shape index (κ1) is 34.6. The first-order chi connectivity index (χ1) is 21.3. The van der Waals surface area contributed by atoms with E-state index in [0.29, 0.717) is 53.8 Å². The fourth-order valence-corrected chi connectivity index (χ4v) is 5.54. The molecule has 0 radical (unpaired) electrons. The maximum absolute atomic E-state index is 14.1. The Morgan fingerprint density at radius 2 is 1.54 bits per heavy atom. The summed E-state index contributed by atoms with van der Waals surface area (Å²) in [6.07, 6.45) is -5.41. The third-order valence-electron chi connectivity index (χ3n) is 8.23. The molecule has 2 aromatic carbocycles. The number of anilines is 1. The molecule has 246 valence electrons. The van der Waals surface area contributed by atoms with E-state index in [9.17, 15) is 40.3 Å². The van der Waals surface area contributed by atoms with Gasteiger partial charge in [-0.05, 0) is 106 Å². The van der Waals surface area contributed by atoms with E-state index in [0.717, 1.165) is 10.5 Å². The Balaban J connectivity index is 1.79. The van der Waals surface area contributed by atoms with E-state index >= 15 is 0 Å². The number of rotatable bonds is 7. The van der Waals surface area contributed by atoms with Gasteiger partial charge in [-0.15, -0.1) is 0 Å². The van der Waals surface area contributed by atoms with E-state index in [1.165, 1.54) is 45.3 Å². The Hall–Kier alpha value is -4.22. The SMILES string of the molecule is CCOC(=O)C1CC=C(c2cc(-c3ccc(F)cc3C)c(N(C)C(=O)C(C)(C)c3cc(C(F)(F)F)cc(C(F)(F)F)c3)cn2)CC1. The third-order valence-corrected chi connectivity index (χ3v) is 8.23. The van der Waals surface area contributed by atoms with E-state index in [-0.39, 0.29) is 30.2 Å². The van der Waals surface area contributed by atoms with E-state index in [1.807, 2.05) is 6.08 Å². The number of hydrogen-bond acceptors (Lipinski definition) is 4. The number of aromatic nitrogens is 1. The molecule has 0 spiro atoms. The van der Waals surface area contributed by atoms with Gasteiger partial charge in [-0.1, -0.05) is 12.1 Å². The van der Waals surface area contributed by atoms with Gasteiger partial charge in [0.05, 0.1) is 46.6 Å². The molecule has 4 rings (SSSR count). The minimum atomic E-state index is -5.09. The lowest BCUT2D eigenvalue weighted by Crippen LogP contribution is -2.42. The van der Waals surface area contributed by atoms with Crippen molar-refractivity contribution in [1.29, 1.82) is 0 Å². The van der Waals surface area contributed by atoms with Crippen LogP contribution >= 0.6 is 0 Å². The molecule has 1 aliphatic rings.